The molecule has 0 aromatic heterocycles. The van der Waals surface area contributed by atoms with Gasteiger partial charge in [-0.3, -0.25) is 10.1 Å². The van der Waals surface area contributed by atoms with Gasteiger partial charge in [-0.05, 0) is 19.3 Å². The van der Waals surface area contributed by atoms with Crippen LogP contribution in [-0.2, 0) is 4.79 Å². The lowest BCUT2D eigenvalue weighted by Crippen LogP contribution is -2.43. The SMILES string of the molecule is CCCCCCCC(O)NC(CCCC)C(=O)O. The van der Waals surface area contributed by atoms with Crippen LogP contribution in [0.15, 0.2) is 0 Å². The second-order valence-electron chi connectivity index (χ2n) is 4.92. The van der Waals surface area contributed by atoms with Gasteiger partial charge in [0.05, 0.1) is 0 Å². The van der Waals surface area contributed by atoms with E-state index in [9.17, 15) is 9.90 Å². The van der Waals surface area contributed by atoms with Gasteiger partial charge in [-0.25, -0.2) is 0 Å². The molecule has 0 heterocycles. The topological polar surface area (TPSA) is 69.6 Å². The molecule has 0 bridgehead atoms. The van der Waals surface area contributed by atoms with E-state index in [4.69, 9.17) is 5.11 Å². The number of carboxylic acids is 1. The summed E-state index contributed by atoms with van der Waals surface area (Å²) >= 11 is 0. The molecule has 0 aliphatic rings. The van der Waals surface area contributed by atoms with E-state index in [2.05, 4.69) is 12.2 Å². The number of carbonyl (C=O) groups is 1. The lowest BCUT2D eigenvalue weighted by Gasteiger charge is -2.19. The van der Waals surface area contributed by atoms with Crippen molar-refractivity contribution in [2.75, 3.05) is 0 Å². The van der Waals surface area contributed by atoms with Crippen LogP contribution < -0.4 is 5.32 Å². The fourth-order valence-corrected chi connectivity index (χ4v) is 1.94. The van der Waals surface area contributed by atoms with E-state index in [0.717, 1.165) is 25.7 Å². The summed E-state index contributed by atoms with van der Waals surface area (Å²) < 4.78 is 0. The Balaban J connectivity index is 3.73. The molecule has 0 fully saturated rings. The summed E-state index contributed by atoms with van der Waals surface area (Å²) in [5, 5.41) is 21.6. The summed E-state index contributed by atoms with van der Waals surface area (Å²) in [5.74, 6) is -0.867. The predicted octanol–water partition coefficient (Wildman–Crippen LogP) is 2.90. The lowest BCUT2D eigenvalue weighted by atomic mass is 10.1. The number of unbranched alkanes of at least 4 members (excludes halogenated alkanes) is 5. The molecule has 2 atom stereocenters. The minimum absolute atomic E-state index is 0.582. The Hall–Kier alpha value is -0.610. The molecule has 4 nitrogen and oxygen atoms in total. The van der Waals surface area contributed by atoms with Crippen LogP contribution in [0.1, 0.15) is 71.6 Å². The van der Waals surface area contributed by atoms with Crippen LogP contribution in [0.3, 0.4) is 0 Å². The fourth-order valence-electron chi connectivity index (χ4n) is 1.94. The molecule has 0 aromatic carbocycles. The van der Waals surface area contributed by atoms with Gasteiger partial charge < -0.3 is 10.2 Å². The standard InChI is InChI=1S/C14H29NO3/c1-3-5-7-8-9-11-13(16)15-12(14(17)18)10-6-4-2/h12-13,15-16H,3-11H2,1-2H3,(H,17,18). The lowest BCUT2D eigenvalue weighted by molar-refractivity contribution is -0.140. The van der Waals surface area contributed by atoms with Crippen LogP contribution in [0.5, 0.6) is 0 Å². The molecule has 0 saturated heterocycles. The quantitative estimate of drug-likeness (QED) is 0.372. The molecule has 0 amide bonds. The van der Waals surface area contributed by atoms with Gasteiger partial charge in [0.15, 0.2) is 0 Å². The maximum Gasteiger partial charge on any atom is 0.320 e. The zero-order valence-corrected chi connectivity index (χ0v) is 11.8. The first kappa shape index (κ1) is 17.4. The van der Waals surface area contributed by atoms with Crippen molar-refractivity contribution < 1.29 is 15.0 Å². The number of nitrogens with one attached hydrogen (secondary N) is 1. The minimum Gasteiger partial charge on any atom is -0.480 e. The van der Waals surface area contributed by atoms with Crippen LogP contribution in [0.4, 0.5) is 0 Å². The van der Waals surface area contributed by atoms with Crippen molar-refractivity contribution in [3.05, 3.63) is 0 Å². The third-order valence-corrected chi connectivity index (χ3v) is 3.12. The molecule has 2 unspecified atom stereocenters. The Kier molecular flexibility index (Phi) is 11.1. The number of rotatable bonds is 12. The van der Waals surface area contributed by atoms with E-state index < -0.39 is 18.2 Å². The molecule has 3 N–H and O–H groups in total. The molecule has 0 aliphatic heterocycles. The molecule has 0 aromatic rings. The molecule has 4 heteroatoms. The van der Waals surface area contributed by atoms with Crippen LogP contribution in [0.2, 0.25) is 0 Å². The Morgan fingerprint density at radius 2 is 1.61 bits per heavy atom. The number of aliphatic carboxylic acids is 1. The Bertz CT molecular complexity index is 209. The van der Waals surface area contributed by atoms with Gasteiger partial charge in [-0.1, -0.05) is 52.4 Å². The van der Waals surface area contributed by atoms with Crippen LogP contribution in [-0.4, -0.2) is 28.5 Å². The summed E-state index contributed by atoms with van der Waals surface area (Å²) in [6.07, 6.45) is 8.07. The maximum absolute atomic E-state index is 11.0. The van der Waals surface area contributed by atoms with Gasteiger partial charge in [0.25, 0.3) is 0 Å². The van der Waals surface area contributed by atoms with Gasteiger partial charge in [-0.15, -0.1) is 0 Å². The van der Waals surface area contributed by atoms with Gasteiger partial charge in [0.1, 0.15) is 12.3 Å². The largest absolute Gasteiger partial charge is 0.480 e. The molecule has 18 heavy (non-hydrogen) atoms. The highest BCUT2D eigenvalue weighted by Gasteiger charge is 2.19. The van der Waals surface area contributed by atoms with Crippen LogP contribution in [0.25, 0.3) is 0 Å². The molecular weight excluding hydrogens is 230 g/mol. The molecule has 0 rings (SSSR count). The van der Waals surface area contributed by atoms with Gasteiger partial charge >= 0.3 is 5.97 Å². The van der Waals surface area contributed by atoms with Crippen LogP contribution >= 0.6 is 0 Å². The second kappa shape index (κ2) is 11.5. The van der Waals surface area contributed by atoms with Crippen LogP contribution in [0, 0.1) is 0 Å². The van der Waals surface area contributed by atoms with E-state index >= 15 is 0 Å². The van der Waals surface area contributed by atoms with Crippen molar-refractivity contribution in [1.82, 2.24) is 5.32 Å². The van der Waals surface area contributed by atoms with Crippen molar-refractivity contribution in [2.24, 2.45) is 0 Å². The van der Waals surface area contributed by atoms with Crippen molar-refractivity contribution >= 4 is 5.97 Å². The zero-order chi connectivity index (χ0) is 13.8. The molecule has 0 saturated carbocycles. The smallest absolute Gasteiger partial charge is 0.320 e. The van der Waals surface area contributed by atoms with Crippen molar-refractivity contribution in [3.8, 4) is 0 Å². The highest BCUT2D eigenvalue weighted by molar-refractivity contribution is 5.73. The summed E-state index contributed by atoms with van der Waals surface area (Å²) in [5.41, 5.74) is 0. The third kappa shape index (κ3) is 9.42. The minimum atomic E-state index is -0.867. The first-order valence-corrected chi connectivity index (χ1v) is 7.28. The van der Waals surface area contributed by atoms with E-state index in [1.54, 1.807) is 0 Å². The van der Waals surface area contributed by atoms with E-state index in [-0.39, 0.29) is 0 Å². The second-order valence-corrected chi connectivity index (χ2v) is 4.92. The van der Waals surface area contributed by atoms with Gasteiger partial charge in [0.2, 0.25) is 0 Å². The van der Waals surface area contributed by atoms with Gasteiger partial charge in [-0.2, -0.15) is 0 Å². The highest BCUT2D eigenvalue weighted by atomic mass is 16.4. The predicted molar refractivity (Wildman–Crippen MR) is 73.5 cm³/mol. The average molecular weight is 259 g/mol. The number of hydrogen-bond acceptors (Lipinski definition) is 3. The highest BCUT2D eigenvalue weighted by Crippen LogP contribution is 2.08. The normalized spacial score (nSPS) is 14.4. The van der Waals surface area contributed by atoms with Crippen molar-refractivity contribution in [3.63, 3.8) is 0 Å². The first-order valence-electron chi connectivity index (χ1n) is 7.28. The fraction of sp³-hybridized carbons (Fsp3) is 0.929. The maximum atomic E-state index is 11.0. The summed E-state index contributed by atoms with van der Waals surface area (Å²) in [7, 11) is 0. The van der Waals surface area contributed by atoms with Gasteiger partial charge in [0, 0.05) is 0 Å². The van der Waals surface area contributed by atoms with Crippen molar-refractivity contribution in [1.29, 1.82) is 0 Å². The third-order valence-electron chi connectivity index (χ3n) is 3.12. The Labute approximate surface area is 111 Å². The molecular formula is C14H29NO3. The zero-order valence-electron chi connectivity index (χ0n) is 11.8. The van der Waals surface area contributed by atoms with Crippen molar-refractivity contribution in [2.45, 2.75) is 83.9 Å². The monoisotopic (exact) mass is 259 g/mol. The first-order chi connectivity index (χ1) is 8.61. The van der Waals surface area contributed by atoms with E-state index in [1.807, 2.05) is 6.92 Å². The Morgan fingerprint density at radius 1 is 1.00 bits per heavy atom. The van der Waals surface area contributed by atoms with E-state index in [1.165, 1.54) is 19.3 Å². The average Bonchev–Trinajstić information content (AvgIpc) is 2.33. The Morgan fingerprint density at radius 3 is 2.17 bits per heavy atom. The summed E-state index contributed by atoms with van der Waals surface area (Å²) in [4.78, 5) is 11.0. The number of aliphatic hydroxyl groups excluding tert-OH is 1. The number of carboxylic acid groups (broad SMARTS) is 1. The summed E-state index contributed by atoms with van der Waals surface area (Å²) in [6.45, 7) is 4.20. The number of aliphatic hydroxyl groups is 1. The van der Waals surface area contributed by atoms with E-state index in [0.29, 0.717) is 12.8 Å². The molecule has 108 valence electrons. The molecule has 0 spiro atoms. The summed E-state index contributed by atoms with van der Waals surface area (Å²) in [6, 6.07) is -0.615. The number of hydrogen-bond donors (Lipinski definition) is 3. The molecule has 0 aliphatic carbocycles. The molecule has 0 radical (unpaired) electrons.